The molecule has 3 saturated carbocycles. The number of carbonyl (C=O) groups is 1. The molecule has 0 aromatic carbocycles. The smallest absolute Gasteiger partial charge is 0.320 e. The van der Waals surface area contributed by atoms with Crippen LogP contribution in [-0.4, -0.2) is 23.2 Å². The molecule has 0 aliphatic heterocycles. The van der Waals surface area contributed by atoms with Crippen molar-refractivity contribution in [2.45, 2.75) is 65.0 Å². The van der Waals surface area contributed by atoms with Gasteiger partial charge in [-0.1, -0.05) is 20.8 Å². The second-order valence-corrected chi connectivity index (χ2v) is 7.67. The fourth-order valence-corrected chi connectivity index (χ4v) is 4.74. The van der Waals surface area contributed by atoms with Gasteiger partial charge in [0.05, 0.1) is 0 Å². The summed E-state index contributed by atoms with van der Waals surface area (Å²) in [7, 11) is 0. The van der Waals surface area contributed by atoms with Crippen molar-refractivity contribution >= 4 is 5.97 Å². The van der Waals surface area contributed by atoms with E-state index in [1.807, 2.05) is 0 Å². The van der Waals surface area contributed by atoms with Crippen LogP contribution in [-0.2, 0) is 4.79 Å². The average Bonchev–Trinajstić information content (AvgIpc) is 2.97. The van der Waals surface area contributed by atoms with E-state index in [0.29, 0.717) is 17.4 Å². The van der Waals surface area contributed by atoms with E-state index >= 15 is 0 Å². The Bertz CT molecular complexity index is 370. The second kappa shape index (κ2) is 3.72. The molecule has 3 rings (SSSR count). The normalized spacial score (nSPS) is 43.1. The Morgan fingerprint density at radius 2 is 1.94 bits per heavy atom. The van der Waals surface area contributed by atoms with Crippen LogP contribution in [0.1, 0.15) is 52.9 Å². The monoisotopic (exact) mass is 251 g/mol. The number of carboxylic acids is 1. The third-order valence-electron chi connectivity index (χ3n) is 5.98. The van der Waals surface area contributed by atoms with Crippen LogP contribution in [0.25, 0.3) is 0 Å². The van der Waals surface area contributed by atoms with Crippen LogP contribution in [0.5, 0.6) is 0 Å². The molecule has 0 heterocycles. The van der Waals surface area contributed by atoms with Gasteiger partial charge in [0.15, 0.2) is 0 Å². The summed E-state index contributed by atoms with van der Waals surface area (Å²) in [6.07, 6.45) is 6.02. The summed E-state index contributed by atoms with van der Waals surface area (Å²) in [6, 6.07) is 0.0518. The highest BCUT2D eigenvalue weighted by Gasteiger charge is 2.60. The minimum Gasteiger partial charge on any atom is -0.480 e. The average molecular weight is 251 g/mol. The first-order valence-corrected chi connectivity index (χ1v) is 7.33. The van der Waals surface area contributed by atoms with Crippen molar-refractivity contribution in [1.29, 1.82) is 0 Å². The number of rotatable bonds is 4. The molecule has 0 amide bonds. The number of fused-ring (bicyclic) bond motifs is 2. The first kappa shape index (κ1) is 12.5. The summed E-state index contributed by atoms with van der Waals surface area (Å²) >= 11 is 0. The number of aliphatic carboxylic acids is 1. The van der Waals surface area contributed by atoms with Crippen LogP contribution in [0.3, 0.4) is 0 Å². The van der Waals surface area contributed by atoms with E-state index in [0.717, 1.165) is 18.8 Å². The maximum absolute atomic E-state index is 11.4. The van der Waals surface area contributed by atoms with Crippen molar-refractivity contribution in [3.63, 3.8) is 0 Å². The Morgan fingerprint density at radius 1 is 1.28 bits per heavy atom. The Morgan fingerprint density at radius 3 is 2.39 bits per heavy atom. The molecule has 0 radical (unpaired) electrons. The van der Waals surface area contributed by atoms with Gasteiger partial charge in [-0.25, -0.2) is 0 Å². The van der Waals surface area contributed by atoms with Crippen LogP contribution in [0, 0.1) is 22.7 Å². The van der Waals surface area contributed by atoms with Crippen LogP contribution >= 0.6 is 0 Å². The second-order valence-electron chi connectivity index (χ2n) is 7.67. The molecule has 0 spiro atoms. The first-order chi connectivity index (χ1) is 8.34. The summed E-state index contributed by atoms with van der Waals surface area (Å²) in [5.74, 6) is 0.495. The van der Waals surface area contributed by atoms with Gasteiger partial charge in [0, 0.05) is 6.04 Å². The fourth-order valence-electron chi connectivity index (χ4n) is 4.74. The minimum atomic E-state index is -0.653. The van der Waals surface area contributed by atoms with Crippen LogP contribution in [0.2, 0.25) is 0 Å². The van der Waals surface area contributed by atoms with E-state index in [2.05, 4.69) is 26.1 Å². The fraction of sp³-hybridized carbons (Fsp3) is 0.933. The van der Waals surface area contributed by atoms with E-state index in [-0.39, 0.29) is 11.5 Å². The SMILES string of the molecule is CC12CCC(C1)C(C)(C)C2NC(C(=O)O)C1CC1. The molecule has 102 valence electrons. The Balaban J connectivity index is 1.80. The number of carboxylic acid groups (broad SMARTS) is 1. The molecular formula is C15H25NO2. The Labute approximate surface area is 109 Å². The van der Waals surface area contributed by atoms with E-state index in [1.165, 1.54) is 19.3 Å². The summed E-state index contributed by atoms with van der Waals surface area (Å²) in [6.45, 7) is 7.00. The van der Waals surface area contributed by atoms with Gasteiger partial charge >= 0.3 is 5.97 Å². The third kappa shape index (κ3) is 1.70. The van der Waals surface area contributed by atoms with E-state index in [9.17, 15) is 9.90 Å². The van der Waals surface area contributed by atoms with Gasteiger partial charge in [-0.15, -0.1) is 0 Å². The highest BCUT2D eigenvalue weighted by molar-refractivity contribution is 5.74. The lowest BCUT2D eigenvalue weighted by molar-refractivity contribution is -0.140. The topological polar surface area (TPSA) is 49.3 Å². The molecule has 3 nitrogen and oxygen atoms in total. The first-order valence-electron chi connectivity index (χ1n) is 7.33. The third-order valence-corrected chi connectivity index (χ3v) is 5.98. The highest BCUT2D eigenvalue weighted by atomic mass is 16.4. The summed E-state index contributed by atoms with van der Waals surface area (Å²) < 4.78 is 0. The zero-order valence-electron chi connectivity index (χ0n) is 11.7. The van der Waals surface area contributed by atoms with E-state index in [4.69, 9.17) is 0 Å². The molecule has 3 heteroatoms. The van der Waals surface area contributed by atoms with Gasteiger partial charge < -0.3 is 10.4 Å². The molecule has 4 unspecified atom stereocenters. The maximum Gasteiger partial charge on any atom is 0.320 e. The quantitative estimate of drug-likeness (QED) is 0.807. The van der Waals surface area contributed by atoms with Gasteiger partial charge in [-0.05, 0) is 54.8 Å². The Kier molecular flexibility index (Phi) is 2.58. The summed E-state index contributed by atoms with van der Waals surface area (Å²) in [5.41, 5.74) is 0.562. The minimum absolute atomic E-state index is 0.246. The van der Waals surface area contributed by atoms with Gasteiger partial charge in [-0.2, -0.15) is 0 Å². The molecule has 18 heavy (non-hydrogen) atoms. The standard InChI is InChI=1S/C15H25NO2/c1-14(2)10-6-7-15(3,8-10)13(14)16-11(12(17)18)9-4-5-9/h9-11,13,16H,4-8H2,1-3H3,(H,17,18). The molecule has 0 aromatic heterocycles. The molecule has 2 N–H and O–H groups in total. The van der Waals surface area contributed by atoms with E-state index in [1.54, 1.807) is 0 Å². The highest BCUT2D eigenvalue weighted by Crippen LogP contribution is 2.62. The summed E-state index contributed by atoms with van der Waals surface area (Å²) in [5, 5.41) is 12.9. The number of nitrogens with one attached hydrogen (secondary N) is 1. The largest absolute Gasteiger partial charge is 0.480 e. The molecule has 2 bridgehead atoms. The molecule has 3 aliphatic carbocycles. The summed E-state index contributed by atoms with van der Waals surface area (Å²) in [4.78, 5) is 11.4. The van der Waals surface area contributed by atoms with Crippen molar-refractivity contribution in [1.82, 2.24) is 5.32 Å². The predicted molar refractivity (Wildman–Crippen MR) is 70.3 cm³/mol. The number of hydrogen-bond acceptors (Lipinski definition) is 2. The van der Waals surface area contributed by atoms with Gasteiger partial charge in [0.25, 0.3) is 0 Å². The van der Waals surface area contributed by atoms with Crippen molar-refractivity contribution in [2.75, 3.05) is 0 Å². The van der Waals surface area contributed by atoms with Crippen molar-refractivity contribution in [2.24, 2.45) is 22.7 Å². The van der Waals surface area contributed by atoms with Gasteiger partial charge in [0.1, 0.15) is 6.04 Å². The van der Waals surface area contributed by atoms with Gasteiger partial charge in [0.2, 0.25) is 0 Å². The lowest BCUT2D eigenvalue weighted by Gasteiger charge is -2.44. The Hall–Kier alpha value is -0.570. The van der Waals surface area contributed by atoms with Crippen molar-refractivity contribution in [3.05, 3.63) is 0 Å². The predicted octanol–water partition coefficient (Wildman–Crippen LogP) is 2.65. The zero-order valence-corrected chi connectivity index (χ0v) is 11.7. The van der Waals surface area contributed by atoms with Crippen molar-refractivity contribution in [3.8, 4) is 0 Å². The lowest BCUT2D eigenvalue weighted by atomic mass is 9.68. The number of hydrogen-bond donors (Lipinski definition) is 2. The lowest BCUT2D eigenvalue weighted by Crippen LogP contribution is -2.56. The molecular weight excluding hydrogens is 226 g/mol. The van der Waals surface area contributed by atoms with Crippen molar-refractivity contribution < 1.29 is 9.90 Å². The maximum atomic E-state index is 11.4. The molecule has 3 aliphatic rings. The van der Waals surface area contributed by atoms with Crippen LogP contribution < -0.4 is 5.32 Å². The molecule has 0 saturated heterocycles. The molecule has 0 aromatic rings. The van der Waals surface area contributed by atoms with E-state index < -0.39 is 5.97 Å². The van der Waals surface area contributed by atoms with Crippen LogP contribution in [0.4, 0.5) is 0 Å². The molecule has 3 fully saturated rings. The van der Waals surface area contributed by atoms with Crippen LogP contribution in [0.15, 0.2) is 0 Å². The molecule has 4 atom stereocenters. The zero-order chi connectivity index (χ0) is 13.1. The van der Waals surface area contributed by atoms with Gasteiger partial charge in [-0.3, -0.25) is 4.79 Å².